The van der Waals surface area contributed by atoms with E-state index in [1.165, 1.54) is 13.1 Å². The van der Waals surface area contributed by atoms with Crippen LogP contribution in [-0.4, -0.2) is 23.3 Å². The van der Waals surface area contributed by atoms with E-state index in [2.05, 4.69) is 20.9 Å². The predicted molar refractivity (Wildman–Crippen MR) is 81.7 cm³/mol. The van der Waals surface area contributed by atoms with Crippen LogP contribution in [0.3, 0.4) is 0 Å². The molecule has 0 atom stereocenters. The molecule has 1 aliphatic heterocycles. The highest BCUT2D eigenvalue weighted by Crippen LogP contribution is 2.40. The molecular formula is C14H17BBrF2NO2. The van der Waals surface area contributed by atoms with Crippen molar-refractivity contribution in [3.05, 3.63) is 34.0 Å². The number of allylic oxidation sites excluding steroid dienone is 1. The fourth-order valence-electron chi connectivity index (χ4n) is 2.01. The van der Waals surface area contributed by atoms with Gasteiger partial charge in [0.05, 0.1) is 17.4 Å². The Balaban J connectivity index is 2.41. The van der Waals surface area contributed by atoms with Gasteiger partial charge < -0.3 is 9.31 Å². The zero-order valence-electron chi connectivity index (χ0n) is 12.6. The van der Waals surface area contributed by atoms with Crippen molar-refractivity contribution in [2.24, 2.45) is 0 Å². The molecular weight excluding hydrogens is 343 g/mol. The minimum atomic E-state index is -1.14. The molecule has 3 nitrogen and oxygen atoms in total. The predicted octanol–water partition coefficient (Wildman–Crippen LogP) is 4.32. The van der Waals surface area contributed by atoms with Gasteiger partial charge in [0.2, 0.25) is 0 Å². The molecule has 1 aromatic heterocycles. The highest BCUT2D eigenvalue weighted by Gasteiger charge is 2.53. The zero-order valence-corrected chi connectivity index (χ0v) is 14.2. The van der Waals surface area contributed by atoms with Gasteiger partial charge in [-0.2, -0.15) is 0 Å². The Morgan fingerprint density at radius 1 is 1.19 bits per heavy atom. The molecule has 0 aromatic carbocycles. The van der Waals surface area contributed by atoms with Crippen molar-refractivity contribution >= 4 is 28.6 Å². The Morgan fingerprint density at radius 3 is 2.19 bits per heavy atom. The van der Waals surface area contributed by atoms with Gasteiger partial charge >= 0.3 is 7.12 Å². The van der Waals surface area contributed by atoms with E-state index in [0.717, 1.165) is 6.20 Å². The van der Waals surface area contributed by atoms with E-state index >= 15 is 0 Å². The quantitative estimate of drug-likeness (QED) is 0.737. The molecule has 0 N–H and O–H groups in total. The third kappa shape index (κ3) is 2.91. The summed E-state index contributed by atoms with van der Waals surface area (Å²) in [6, 6.07) is 0. The summed E-state index contributed by atoms with van der Waals surface area (Å²) >= 11 is 3.18. The fraction of sp³-hybridized carbons (Fsp3) is 0.500. The first-order valence-corrected chi connectivity index (χ1v) is 7.37. The minimum absolute atomic E-state index is 0.122. The smallest absolute Gasteiger partial charge is 0.398 e. The summed E-state index contributed by atoms with van der Waals surface area (Å²) in [4.78, 5) is 3.70. The SMILES string of the molecule is CC(=C(F)B1OC(C)(C)C(C)(C)O1)c1c(F)cncc1Br. The molecule has 0 amide bonds. The van der Waals surface area contributed by atoms with E-state index < -0.39 is 29.9 Å². The van der Waals surface area contributed by atoms with Crippen molar-refractivity contribution in [3.63, 3.8) is 0 Å². The van der Waals surface area contributed by atoms with Crippen molar-refractivity contribution in [1.82, 2.24) is 4.98 Å². The number of pyridine rings is 1. The average Bonchev–Trinajstić information content (AvgIpc) is 2.57. The zero-order chi connectivity index (χ0) is 16.0. The molecule has 7 heteroatoms. The van der Waals surface area contributed by atoms with Crippen LogP contribution in [0.15, 0.2) is 22.6 Å². The van der Waals surface area contributed by atoms with Crippen LogP contribution >= 0.6 is 15.9 Å². The lowest BCUT2D eigenvalue weighted by Gasteiger charge is -2.32. The number of aromatic nitrogens is 1. The number of nitrogens with zero attached hydrogens (tertiary/aromatic N) is 1. The van der Waals surface area contributed by atoms with E-state index in [0.29, 0.717) is 4.47 Å². The second-order valence-corrected chi connectivity index (χ2v) is 6.89. The molecule has 0 bridgehead atoms. The average molecular weight is 360 g/mol. The Labute approximate surface area is 132 Å². The number of hydrogen-bond donors (Lipinski definition) is 0. The van der Waals surface area contributed by atoms with Crippen LogP contribution in [0.5, 0.6) is 0 Å². The van der Waals surface area contributed by atoms with E-state index in [1.54, 1.807) is 0 Å². The number of rotatable bonds is 2. The molecule has 0 unspecified atom stereocenters. The second-order valence-electron chi connectivity index (χ2n) is 6.04. The minimum Gasteiger partial charge on any atom is -0.398 e. The van der Waals surface area contributed by atoms with Gasteiger partial charge in [-0.15, -0.1) is 0 Å². The van der Waals surface area contributed by atoms with Gasteiger partial charge in [-0.3, -0.25) is 4.98 Å². The van der Waals surface area contributed by atoms with Crippen LogP contribution in [0.1, 0.15) is 40.2 Å². The van der Waals surface area contributed by atoms with Crippen molar-refractivity contribution in [1.29, 1.82) is 0 Å². The van der Waals surface area contributed by atoms with Crippen molar-refractivity contribution < 1.29 is 18.1 Å². The van der Waals surface area contributed by atoms with E-state index in [1.807, 2.05) is 27.7 Å². The summed E-state index contributed by atoms with van der Waals surface area (Å²) < 4.78 is 40.2. The molecule has 1 fully saturated rings. The summed E-state index contributed by atoms with van der Waals surface area (Å²) in [6.07, 6.45) is 2.46. The van der Waals surface area contributed by atoms with Crippen molar-refractivity contribution in [3.8, 4) is 0 Å². The molecule has 0 aliphatic carbocycles. The van der Waals surface area contributed by atoms with Gasteiger partial charge in [0.25, 0.3) is 0 Å². The largest absolute Gasteiger partial charge is 0.525 e. The van der Waals surface area contributed by atoms with Crippen LogP contribution in [0.4, 0.5) is 8.78 Å². The van der Waals surface area contributed by atoms with Gasteiger partial charge in [0.15, 0.2) is 0 Å². The Kier molecular flexibility index (Phi) is 4.30. The Bertz CT molecular complexity index is 568. The number of halogens is 3. The topological polar surface area (TPSA) is 31.4 Å². The first-order chi connectivity index (χ1) is 9.57. The lowest BCUT2D eigenvalue weighted by Crippen LogP contribution is -2.41. The molecule has 0 radical (unpaired) electrons. The third-order valence-electron chi connectivity index (χ3n) is 4.05. The second kappa shape index (κ2) is 5.45. The van der Waals surface area contributed by atoms with Crippen molar-refractivity contribution in [2.45, 2.75) is 45.8 Å². The molecule has 1 saturated heterocycles. The van der Waals surface area contributed by atoms with Crippen LogP contribution in [0, 0.1) is 5.82 Å². The summed E-state index contributed by atoms with van der Waals surface area (Å²) in [5.41, 5.74) is -1.69. The highest BCUT2D eigenvalue weighted by molar-refractivity contribution is 9.10. The normalized spacial score (nSPS) is 21.4. The maximum Gasteiger partial charge on any atom is 0.525 e. The van der Waals surface area contributed by atoms with E-state index in [9.17, 15) is 8.78 Å². The van der Waals surface area contributed by atoms with Crippen LogP contribution in [0.25, 0.3) is 5.57 Å². The summed E-state index contributed by atoms with van der Waals surface area (Å²) in [5.74, 6) is -0.603. The molecule has 0 saturated carbocycles. The maximum absolute atomic E-state index is 14.7. The molecule has 114 valence electrons. The van der Waals surface area contributed by atoms with Crippen LogP contribution in [0.2, 0.25) is 0 Å². The number of hydrogen-bond acceptors (Lipinski definition) is 3. The van der Waals surface area contributed by atoms with Crippen molar-refractivity contribution in [2.75, 3.05) is 0 Å². The molecule has 0 spiro atoms. The molecule has 1 aromatic rings. The molecule has 2 heterocycles. The van der Waals surface area contributed by atoms with Crippen LogP contribution in [-0.2, 0) is 9.31 Å². The standard InChI is InChI=1S/C14H17BBrF2NO2/c1-8(11-9(16)6-19-7-10(11)17)12(18)15-20-13(2,3)14(4,5)21-15/h6-7H,1-5H3. The van der Waals surface area contributed by atoms with E-state index in [4.69, 9.17) is 9.31 Å². The highest BCUT2D eigenvalue weighted by atomic mass is 79.9. The molecule has 1 aliphatic rings. The maximum atomic E-state index is 14.7. The summed E-state index contributed by atoms with van der Waals surface area (Å²) in [5, 5.41) is 0. The van der Waals surface area contributed by atoms with Gasteiger partial charge in [0.1, 0.15) is 11.5 Å². The van der Waals surface area contributed by atoms with Gasteiger partial charge in [0, 0.05) is 16.2 Å². The summed E-state index contributed by atoms with van der Waals surface area (Å²) in [7, 11) is -1.14. The molecule has 21 heavy (non-hydrogen) atoms. The summed E-state index contributed by atoms with van der Waals surface area (Å²) in [6.45, 7) is 8.82. The first-order valence-electron chi connectivity index (χ1n) is 6.58. The van der Waals surface area contributed by atoms with Gasteiger partial charge in [-0.05, 0) is 56.1 Å². The van der Waals surface area contributed by atoms with E-state index in [-0.39, 0.29) is 11.1 Å². The fourth-order valence-corrected chi connectivity index (χ4v) is 2.62. The van der Waals surface area contributed by atoms with Crippen LogP contribution < -0.4 is 0 Å². The lowest BCUT2D eigenvalue weighted by molar-refractivity contribution is 0.00578. The van der Waals surface area contributed by atoms with Gasteiger partial charge in [-0.1, -0.05) is 0 Å². The molecule has 2 rings (SSSR count). The first kappa shape index (κ1) is 16.6. The lowest BCUT2D eigenvalue weighted by atomic mass is 9.83. The Morgan fingerprint density at radius 2 is 1.71 bits per heavy atom. The Hall–Kier alpha value is -0.785. The third-order valence-corrected chi connectivity index (χ3v) is 4.65. The monoisotopic (exact) mass is 359 g/mol. The van der Waals surface area contributed by atoms with Gasteiger partial charge in [-0.25, -0.2) is 8.78 Å².